The molecule has 1 aromatic rings. The summed E-state index contributed by atoms with van der Waals surface area (Å²) >= 11 is 0. The topological polar surface area (TPSA) is 78.9 Å². The number of carbonyl (C=O) groups is 3. The molecule has 26 heavy (non-hydrogen) atoms. The first-order valence-electron chi connectivity index (χ1n) is 7.64. The smallest absolute Gasteiger partial charge is 0.416 e. The van der Waals surface area contributed by atoms with Crippen LogP contribution in [0.1, 0.15) is 32.3 Å². The van der Waals surface area contributed by atoms with Gasteiger partial charge in [-0.25, -0.2) is 4.79 Å². The van der Waals surface area contributed by atoms with Gasteiger partial charge in [0, 0.05) is 0 Å². The molecule has 0 heterocycles. The second-order valence-corrected chi connectivity index (χ2v) is 5.74. The number of methoxy groups -OCH3 is 1. The predicted octanol–water partition coefficient (Wildman–Crippen LogP) is 3.13. The van der Waals surface area contributed by atoms with Gasteiger partial charge in [-0.05, 0) is 37.6 Å². The van der Waals surface area contributed by atoms with E-state index in [0.717, 1.165) is 24.3 Å². The Morgan fingerprint density at radius 1 is 1.04 bits per heavy atom. The first-order chi connectivity index (χ1) is 12.0. The number of halogens is 3. The first-order valence-corrected chi connectivity index (χ1v) is 7.64. The summed E-state index contributed by atoms with van der Waals surface area (Å²) in [4.78, 5) is 35.1. The van der Waals surface area contributed by atoms with Crippen LogP contribution in [0.2, 0.25) is 0 Å². The van der Waals surface area contributed by atoms with Gasteiger partial charge in [-0.2, -0.15) is 13.2 Å². The molecule has 9 heteroatoms. The SMILES string of the molecule is CCC(C)(CC(=O)OC)C(=O)OCC(=O)Oc1ccc(C(F)(F)F)cc1. The third-order valence-corrected chi connectivity index (χ3v) is 3.77. The van der Waals surface area contributed by atoms with Crippen molar-refractivity contribution in [3.05, 3.63) is 29.8 Å². The molecule has 0 radical (unpaired) electrons. The number of hydrogen-bond acceptors (Lipinski definition) is 6. The van der Waals surface area contributed by atoms with Crippen LogP contribution in [0.5, 0.6) is 5.75 Å². The van der Waals surface area contributed by atoms with Gasteiger partial charge in [-0.3, -0.25) is 9.59 Å². The van der Waals surface area contributed by atoms with E-state index < -0.39 is 41.7 Å². The van der Waals surface area contributed by atoms with E-state index in [1.165, 1.54) is 14.0 Å². The van der Waals surface area contributed by atoms with Crippen molar-refractivity contribution in [2.75, 3.05) is 13.7 Å². The maximum Gasteiger partial charge on any atom is 0.416 e. The molecular formula is C17H19F3O6. The summed E-state index contributed by atoms with van der Waals surface area (Å²) in [5.74, 6) is -2.46. The summed E-state index contributed by atoms with van der Waals surface area (Å²) in [7, 11) is 1.19. The number of esters is 3. The molecule has 0 bridgehead atoms. The number of carbonyl (C=O) groups excluding carboxylic acids is 3. The largest absolute Gasteiger partial charge is 0.469 e. The third-order valence-electron chi connectivity index (χ3n) is 3.77. The summed E-state index contributed by atoms with van der Waals surface area (Å²) in [6.45, 7) is 2.43. The zero-order valence-corrected chi connectivity index (χ0v) is 14.5. The second-order valence-electron chi connectivity index (χ2n) is 5.74. The third kappa shape index (κ3) is 6.05. The molecule has 0 amide bonds. The molecule has 0 N–H and O–H groups in total. The fourth-order valence-electron chi connectivity index (χ4n) is 1.90. The lowest BCUT2D eigenvalue weighted by Gasteiger charge is -2.24. The molecule has 144 valence electrons. The maximum absolute atomic E-state index is 12.5. The van der Waals surface area contributed by atoms with Crippen LogP contribution in [-0.4, -0.2) is 31.6 Å². The zero-order chi connectivity index (χ0) is 20.0. The van der Waals surface area contributed by atoms with E-state index in [2.05, 4.69) is 4.74 Å². The summed E-state index contributed by atoms with van der Waals surface area (Å²) in [5.41, 5.74) is -2.05. The Morgan fingerprint density at radius 3 is 2.08 bits per heavy atom. The molecule has 0 aliphatic carbocycles. The van der Waals surface area contributed by atoms with Gasteiger partial charge in [-0.15, -0.1) is 0 Å². The Hall–Kier alpha value is -2.58. The number of ether oxygens (including phenoxy) is 3. The Morgan fingerprint density at radius 2 is 1.62 bits per heavy atom. The number of hydrogen-bond donors (Lipinski definition) is 0. The molecule has 1 aromatic carbocycles. The van der Waals surface area contributed by atoms with Crippen LogP contribution in [-0.2, 0) is 30.0 Å². The van der Waals surface area contributed by atoms with Crippen LogP contribution in [0.3, 0.4) is 0 Å². The van der Waals surface area contributed by atoms with Gasteiger partial charge in [0.15, 0.2) is 6.61 Å². The molecule has 1 atom stereocenters. The normalized spacial score (nSPS) is 13.5. The zero-order valence-electron chi connectivity index (χ0n) is 14.5. The van der Waals surface area contributed by atoms with Gasteiger partial charge >= 0.3 is 24.1 Å². The average Bonchev–Trinajstić information content (AvgIpc) is 2.58. The minimum absolute atomic E-state index is 0.119. The van der Waals surface area contributed by atoms with Gasteiger partial charge in [0.25, 0.3) is 0 Å². The highest BCUT2D eigenvalue weighted by Crippen LogP contribution is 2.30. The molecule has 0 aromatic heterocycles. The molecule has 0 saturated heterocycles. The van der Waals surface area contributed by atoms with Crippen molar-refractivity contribution in [2.45, 2.75) is 32.9 Å². The van der Waals surface area contributed by atoms with E-state index in [9.17, 15) is 27.6 Å². The fourth-order valence-corrected chi connectivity index (χ4v) is 1.90. The molecule has 1 unspecified atom stereocenters. The summed E-state index contributed by atoms with van der Waals surface area (Å²) < 4.78 is 51.5. The van der Waals surface area contributed by atoms with Crippen LogP contribution in [0.25, 0.3) is 0 Å². The average molecular weight is 376 g/mol. The molecule has 0 fully saturated rings. The van der Waals surface area contributed by atoms with Gasteiger partial charge in [0.2, 0.25) is 0 Å². The number of benzene rings is 1. The van der Waals surface area contributed by atoms with Crippen molar-refractivity contribution >= 4 is 17.9 Å². The Kier molecular flexibility index (Phi) is 7.17. The summed E-state index contributed by atoms with van der Waals surface area (Å²) in [5, 5.41) is 0. The summed E-state index contributed by atoms with van der Waals surface area (Å²) in [6.07, 6.45) is -4.44. The lowest BCUT2D eigenvalue weighted by Crippen LogP contribution is -2.34. The highest BCUT2D eigenvalue weighted by molar-refractivity contribution is 5.85. The molecule has 6 nitrogen and oxygen atoms in total. The molecule has 0 spiro atoms. The number of alkyl halides is 3. The molecule has 0 saturated carbocycles. The predicted molar refractivity (Wildman–Crippen MR) is 83.1 cm³/mol. The monoisotopic (exact) mass is 376 g/mol. The minimum atomic E-state index is -4.50. The van der Waals surface area contributed by atoms with Crippen LogP contribution in [0.4, 0.5) is 13.2 Å². The van der Waals surface area contributed by atoms with Crippen LogP contribution in [0.15, 0.2) is 24.3 Å². The first kappa shape index (κ1) is 21.5. The quantitative estimate of drug-likeness (QED) is 0.537. The van der Waals surface area contributed by atoms with Gasteiger partial charge in [0.05, 0.1) is 24.5 Å². The summed E-state index contributed by atoms with van der Waals surface area (Å²) in [6, 6.07) is 3.49. The van der Waals surface area contributed by atoms with Crippen molar-refractivity contribution < 1.29 is 41.8 Å². The molecule has 0 aliphatic heterocycles. The Labute approximate surface area is 148 Å². The van der Waals surface area contributed by atoms with E-state index >= 15 is 0 Å². The van der Waals surface area contributed by atoms with Crippen molar-refractivity contribution in [3.8, 4) is 5.75 Å². The highest BCUT2D eigenvalue weighted by atomic mass is 19.4. The molecular weight excluding hydrogens is 357 g/mol. The number of rotatable bonds is 7. The fraction of sp³-hybridized carbons (Fsp3) is 0.471. The lowest BCUT2D eigenvalue weighted by molar-refractivity contribution is -0.165. The van der Waals surface area contributed by atoms with E-state index in [0.29, 0.717) is 0 Å². The molecule has 1 rings (SSSR count). The van der Waals surface area contributed by atoms with E-state index in [1.807, 2.05) is 0 Å². The standard InChI is InChI=1S/C17H19F3O6/c1-4-16(2,9-13(21)24-3)15(23)25-10-14(22)26-12-7-5-11(6-8-12)17(18,19)20/h5-8H,4,9-10H2,1-3H3. The maximum atomic E-state index is 12.5. The van der Waals surface area contributed by atoms with E-state index in [4.69, 9.17) is 9.47 Å². The second kappa shape index (κ2) is 8.68. The van der Waals surface area contributed by atoms with Gasteiger partial charge in [-0.1, -0.05) is 6.92 Å². The Bertz CT molecular complexity index is 653. The van der Waals surface area contributed by atoms with Crippen LogP contribution < -0.4 is 4.74 Å². The van der Waals surface area contributed by atoms with E-state index in [1.54, 1.807) is 6.92 Å². The van der Waals surface area contributed by atoms with Crippen LogP contribution in [0, 0.1) is 5.41 Å². The van der Waals surface area contributed by atoms with E-state index in [-0.39, 0.29) is 18.6 Å². The van der Waals surface area contributed by atoms with Gasteiger partial charge < -0.3 is 14.2 Å². The highest BCUT2D eigenvalue weighted by Gasteiger charge is 2.36. The lowest BCUT2D eigenvalue weighted by atomic mass is 9.84. The van der Waals surface area contributed by atoms with Crippen molar-refractivity contribution in [1.29, 1.82) is 0 Å². The van der Waals surface area contributed by atoms with Gasteiger partial charge in [0.1, 0.15) is 5.75 Å². The van der Waals surface area contributed by atoms with Crippen molar-refractivity contribution in [2.24, 2.45) is 5.41 Å². The van der Waals surface area contributed by atoms with Crippen LogP contribution >= 0.6 is 0 Å². The van der Waals surface area contributed by atoms with Crippen molar-refractivity contribution in [3.63, 3.8) is 0 Å². The van der Waals surface area contributed by atoms with Crippen molar-refractivity contribution in [1.82, 2.24) is 0 Å². The molecule has 0 aliphatic rings. The minimum Gasteiger partial charge on any atom is -0.469 e. The Balaban J connectivity index is 2.60.